The predicted octanol–water partition coefficient (Wildman–Crippen LogP) is 6.48. The molecule has 2 bridgehead atoms. The summed E-state index contributed by atoms with van der Waals surface area (Å²) >= 11 is 7.62. The first-order chi connectivity index (χ1) is 16.0. The topological polar surface area (TPSA) is 79.4 Å². The molecule has 0 unspecified atom stereocenters. The third-order valence-corrected chi connectivity index (χ3v) is 8.54. The molecule has 33 heavy (non-hydrogen) atoms. The number of nitrogens with one attached hydrogen (secondary N) is 2. The summed E-state index contributed by atoms with van der Waals surface area (Å²) in [4.78, 5) is 23.0. The third kappa shape index (κ3) is 3.60. The Kier molecular flexibility index (Phi) is 5.10. The van der Waals surface area contributed by atoms with Crippen molar-refractivity contribution < 1.29 is 4.39 Å². The Bertz CT molecular complexity index is 1340. The summed E-state index contributed by atoms with van der Waals surface area (Å²) in [5, 5.41) is 3.80. The van der Waals surface area contributed by atoms with Crippen LogP contribution in [-0.2, 0) is 0 Å². The molecule has 2 atom stereocenters. The molecule has 0 aliphatic heterocycles. The van der Waals surface area contributed by atoms with Gasteiger partial charge in [-0.25, -0.2) is 24.3 Å². The average molecular weight is 483 g/mol. The Morgan fingerprint density at radius 2 is 1.91 bits per heavy atom. The molecule has 0 spiro atoms. The van der Waals surface area contributed by atoms with Crippen LogP contribution in [0.2, 0.25) is 5.15 Å². The van der Waals surface area contributed by atoms with E-state index < -0.39 is 5.82 Å². The Balaban J connectivity index is 1.49. The van der Waals surface area contributed by atoms with Crippen molar-refractivity contribution >= 4 is 39.9 Å². The number of aromatic amines is 1. The van der Waals surface area contributed by atoms with Crippen LogP contribution in [0, 0.1) is 30.5 Å². The average Bonchev–Trinajstić information content (AvgIpc) is 3.43. The number of halogens is 2. The van der Waals surface area contributed by atoms with Gasteiger partial charge in [-0.1, -0.05) is 18.5 Å². The monoisotopic (exact) mass is 482 g/mol. The highest BCUT2D eigenvalue weighted by Gasteiger charge is 2.41. The minimum atomic E-state index is -0.404. The van der Waals surface area contributed by atoms with Crippen LogP contribution in [0.1, 0.15) is 37.5 Å². The van der Waals surface area contributed by atoms with Gasteiger partial charge < -0.3 is 10.3 Å². The van der Waals surface area contributed by atoms with E-state index in [1.165, 1.54) is 43.2 Å². The van der Waals surface area contributed by atoms with Crippen molar-refractivity contribution in [3.8, 4) is 22.0 Å². The molecule has 0 radical (unpaired) electrons. The van der Waals surface area contributed by atoms with Crippen molar-refractivity contribution in [2.45, 2.75) is 45.6 Å². The standard InChI is InChI=1S/C24H24ClFN6S/c1-11-3-8-16(33-11)21-18(26)23(30-19-12(2)13-4-6-14(19)7-5-13)32-22(31-21)15-9-27-24-20(15)29-17(25)10-28-24/h3,8-10,12-14,19H,4-7H2,1-2H3,(H,27,28)(H,30,31,32)/t12-,13?,14?,19+/m0/s1. The molecular weight excluding hydrogens is 459 g/mol. The van der Waals surface area contributed by atoms with Crippen molar-refractivity contribution in [2.24, 2.45) is 17.8 Å². The molecule has 2 N–H and O–H groups in total. The first-order valence-corrected chi connectivity index (χ1v) is 12.6. The second-order valence-corrected chi connectivity index (χ2v) is 10.9. The van der Waals surface area contributed by atoms with Gasteiger partial charge in [0.05, 0.1) is 16.6 Å². The number of aryl methyl sites for hydroxylation is 1. The van der Waals surface area contributed by atoms with Gasteiger partial charge in [-0.05, 0) is 62.5 Å². The lowest BCUT2D eigenvalue weighted by molar-refractivity contribution is 0.0926. The van der Waals surface area contributed by atoms with Crippen LogP contribution < -0.4 is 5.32 Å². The van der Waals surface area contributed by atoms with Crippen molar-refractivity contribution in [1.82, 2.24) is 24.9 Å². The fraction of sp³-hybridized carbons (Fsp3) is 0.417. The zero-order valence-electron chi connectivity index (χ0n) is 18.4. The van der Waals surface area contributed by atoms with Gasteiger partial charge in [-0.2, -0.15) is 0 Å². The Labute approximate surface area is 200 Å². The van der Waals surface area contributed by atoms with Crippen molar-refractivity contribution in [3.63, 3.8) is 0 Å². The molecule has 0 aromatic carbocycles. The fourth-order valence-electron chi connectivity index (χ4n) is 5.59. The normalized spacial score (nSPS) is 24.5. The molecule has 0 amide bonds. The van der Waals surface area contributed by atoms with Crippen LogP contribution in [0.5, 0.6) is 0 Å². The second-order valence-electron chi connectivity index (χ2n) is 9.27. The highest BCUT2D eigenvalue weighted by molar-refractivity contribution is 7.15. The Morgan fingerprint density at radius 3 is 2.64 bits per heavy atom. The molecule has 9 heteroatoms. The SMILES string of the molecule is Cc1ccc(-c2nc(-c3c[nH]c4ncc(Cl)nc34)nc(N[C@H]3C4CCC(CC4)[C@@H]3C)c2F)s1. The van der Waals surface area contributed by atoms with E-state index >= 15 is 4.39 Å². The number of hydrogen-bond donors (Lipinski definition) is 2. The van der Waals surface area contributed by atoms with E-state index in [-0.39, 0.29) is 17.0 Å². The van der Waals surface area contributed by atoms with Gasteiger partial charge in [0.25, 0.3) is 0 Å². The Hall–Kier alpha value is -2.58. The van der Waals surface area contributed by atoms with E-state index in [0.29, 0.717) is 46.0 Å². The van der Waals surface area contributed by atoms with E-state index in [0.717, 1.165) is 9.75 Å². The maximum absolute atomic E-state index is 15.9. The number of hydrogen-bond acceptors (Lipinski definition) is 6. The van der Waals surface area contributed by atoms with Gasteiger partial charge in [0.1, 0.15) is 16.4 Å². The molecule has 4 aromatic rings. The second kappa shape index (κ2) is 8.02. The summed E-state index contributed by atoms with van der Waals surface area (Å²) in [5.41, 5.74) is 2.11. The van der Waals surface area contributed by atoms with Crippen LogP contribution in [-0.4, -0.2) is 31.0 Å². The number of rotatable bonds is 4. The zero-order valence-corrected chi connectivity index (χ0v) is 20.0. The minimum absolute atomic E-state index is 0.213. The molecule has 3 saturated carbocycles. The molecule has 6 nitrogen and oxygen atoms in total. The van der Waals surface area contributed by atoms with Crippen molar-refractivity contribution in [1.29, 1.82) is 0 Å². The molecule has 4 aromatic heterocycles. The maximum atomic E-state index is 15.9. The first kappa shape index (κ1) is 21.0. The number of anilines is 1. The minimum Gasteiger partial charge on any atom is -0.364 e. The predicted molar refractivity (Wildman–Crippen MR) is 130 cm³/mol. The molecule has 3 aliphatic carbocycles. The number of nitrogens with zero attached hydrogens (tertiary/aromatic N) is 4. The summed E-state index contributed by atoms with van der Waals surface area (Å²) in [6.07, 6.45) is 8.18. The van der Waals surface area contributed by atoms with E-state index in [1.807, 2.05) is 19.1 Å². The molecule has 170 valence electrons. The van der Waals surface area contributed by atoms with E-state index in [4.69, 9.17) is 11.6 Å². The van der Waals surface area contributed by atoms with Gasteiger partial charge in [-0.15, -0.1) is 11.3 Å². The smallest absolute Gasteiger partial charge is 0.192 e. The highest BCUT2D eigenvalue weighted by atomic mass is 35.5. The zero-order chi connectivity index (χ0) is 22.7. The summed E-state index contributed by atoms with van der Waals surface area (Å²) in [7, 11) is 0. The Morgan fingerprint density at radius 1 is 1.12 bits per heavy atom. The summed E-state index contributed by atoms with van der Waals surface area (Å²) in [5.74, 6) is 1.99. The van der Waals surface area contributed by atoms with Crippen LogP contribution in [0.4, 0.5) is 10.2 Å². The van der Waals surface area contributed by atoms with Crippen molar-refractivity contribution in [3.05, 3.63) is 40.4 Å². The van der Waals surface area contributed by atoms with E-state index in [9.17, 15) is 0 Å². The molecule has 3 fully saturated rings. The quantitative estimate of drug-likeness (QED) is 0.348. The van der Waals surface area contributed by atoms with Gasteiger partial charge in [0, 0.05) is 17.1 Å². The molecule has 3 aliphatic rings. The van der Waals surface area contributed by atoms with Crippen LogP contribution in [0.15, 0.2) is 24.5 Å². The third-order valence-electron chi connectivity index (χ3n) is 7.36. The van der Waals surface area contributed by atoms with Gasteiger partial charge in [0.2, 0.25) is 0 Å². The van der Waals surface area contributed by atoms with Crippen LogP contribution in [0.3, 0.4) is 0 Å². The largest absolute Gasteiger partial charge is 0.364 e. The molecule has 0 saturated heterocycles. The van der Waals surface area contributed by atoms with Gasteiger partial charge in [0.15, 0.2) is 23.1 Å². The van der Waals surface area contributed by atoms with E-state index in [1.54, 1.807) is 6.20 Å². The lowest BCUT2D eigenvalue weighted by Gasteiger charge is -2.47. The summed E-state index contributed by atoms with van der Waals surface area (Å²) in [6, 6.07) is 4.11. The lowest BCUT2D eigenvalue weighted by Crippen LogP contribution is -2.47. The number of thiophene rings is 1. The number of fused-ring (bicyclic) bond motifs is 4. The van der Waals surface area contributed by atoms with Crippen molar-refractivity contribution in [2.75, 3.05) is 5.32 Å². The molecular formula is C24H24ClFN6S. The first-order valence-electron chi connectivity index (χ1n) is 11.4. The van der Waals surface area contributed by atoms with Gasteiger partial charge >= 0.3 is 0 Å². The summed E-state index contributed by atoms with van der Waals surface area (Å²) < 4.78 is 15.9. The van der Waals surface area contributed by atoms with E-state index in [2.05, 4.69) is 37.2 Å². The molecule has 4 heterocycles. The number of H-pyrrole nitrogens is 1. The molecule has 7 rings (SSSR count). The maximum Gasteiger partial charge on any atom is 0.192 e. The fourth-order valence-corrected chi connectivity index (χ4v) is 6.57. The highest BCUT2D eigenvalue weighted by Crippen LogP contribution is 2.46. The number of aromatic nitrogens is 5. The lowest BCUT2D eigenvalue weighted by atomic mass is 9.62. The summed E-state index contributed by atoms with van der Waals surface area (Å²) in [6.45, 7) is 4.29. The van der Waals surface area contributed by atoms with Gasteiger partial charge in [-0.3, -0.25) is 0 Å². The van der Waals surface area contributed by atoms with Crippen LogP contribution in [0.25, 0.3) is 33.1 Å². The van der Waals surface area contributed by atoms with Crippen LogP contribution >= 0.6 is 22.9 Å².